The average molecular weight is 259 g/mol. The number of hydrogen-bond donors (Lipinski definition) is 1. The zero-order chi connectivity index (χ0) is 13.1. The predicted octanol–water partition coefficient (Wildman–Crippen LogP) is 2.44. The van der Waals surface area contributed by atoms with E-state index in [0.717, 1.165) is 43.5 Å². The normalized spacial score (nSPS) is 16.8. The quantitative estimate of drug-likeness (QED) is 0.858. The van der Waals surface area contributed by atoms with Gasteiger partial charge < -0.3 is 10.1 Å². The van der Waals surface area contributed by atoms with Crippen molar-refractivity contribution in [2.75, 3.05) is 13.2 Å². The van der Waals surface area contributed by atoms with Gasteiger partial charge in [-0.1, -0.05) is 12.1 Å². The van der Waals surface area contributed by atoms with Crippen LogP contribution in [0.2, 0.25) is 0 Å². The Morgan fingerprint density at radius 1 is 1.32 bits per heavy atom. The summed E-state index contributed by atoms with van der Waals surface area (Å²) in [7, 11) is 0. The van der Waals surface area contributed by atoms with Gasteiger partial charge in [-0.3, -0.25) is 0 Å². The van der Waals surface area contributed by atoms with Crippen LogP contribution in [0.5, 0.6) is 0 Å². The van der Waals surface area contributed by atoms with E-state index < -0.39 is 0 Å². The molecule has 1 aromatic heterocycles. The van der Waals surface area contributed by atoms with Crippen LogP contribution in [0.15, 0.2) is 35.7 Å². The van der Waals surface area contributed by atoms with Gasteiger partial charge in [0.15, 0.2) is 0 Å². The summed E-state index contributed by atoms with van der Waals surface area (Å²) in [5.41, 5.74) is 2.03. The second kappa shape index (κ2) is 5.50. The summed E-state index contributed by atoms with van der Waals surface area (Å²) in [6, 6.07) is 8.55. The van der Waals surface area contributed by atoms with E-state index in [-0.39, 0.29) is 0 Å². The lowest BCUT2D eigenvalue weighted by Crippen LogP contribution is -2.34. The van der Waals surface area contributed by atoms with Gasteiger partial charge in [-0.2, -0.15) is 0 Å². The van der Waals surface area contributed by atoms with Crippen LogP contribution < -0.4 is 5.32 Å². The first kappa shape index (κ1) is 12.3. The molecule has 0 bridgehead atoms. The lowest BCUT2D eigenvalue weighted by Gasteiger charge is -2.23. The maximum Gasteiger partial charge on any atom is 0.0754 e. The largest absolute Gasteiger partial charge is 0.381 e. The number of benzene rings is 1. The Hall–Kier alpha value is -1.72. The van der Waals surface area contributed by atoms with Gasteiger partial charge in [0.25, 0.3) is 0 Å². The molecule has 100 valence electrons. The molecule has 0 amide bonds. The number of fused-ring (bicyclic) bond motifs is 1. The van der Waals surface area contributed by atoms with Crippen LogP contribution in [-0.4, -0.2) is 23.9 Å². The number of rotatable bonds is 4. The first-order valence-corrected chi connectivity index (χ1v) is 6.61. The molecule has 1 aliphatic rings. The monoisotopic (exact) mass is 259 g/mol. The Kier molecular flexibility index (Phi) is 3.57. The SMILES string of the molecule is O=Nn1ccc2ccc(CNC3CCOCC3)cc21. The fourth-order valence-corrected chi connectivity index (χ4v) is 2.50. The van der Waals surface area contributed by atoms with Gasteiger partial charge in [-0.05, 0) is 30.5 Å². The molecule has 5 heteroatoms. The van der Waals surface area contributed by atoms with Gasteiger partial charge in [0.1, 0.15) is 0 Å². The van der Waals surface area contributed by atoms with Gasteiger partial charge in [0, 0.05) is 37.4 Å². The summed E-state index contributed by atoms with van der Waals surface area (Å²) < 4.78 is 6.71. The van der Waals surface area contributed by atoms with Gasteiger partial charge in [-0.15, -0.1) is 4.91 Å². The minimum absolute atomic E-state index is 0.528. The van der Waals surface area contributed by atoms with Crippen molar-refractivity contribution in [3.05, 3.63) is 40.9 Å². The number of hydrogen-bond acceptors (Lipinski definition) is 4. The van der Waals surface area contributed by atoms with Crippen molar-refractivity contribution in [1.82, 2.24) is 9.99 Å². The van der Waals surface area contributed by atoms with Crippen molar-refractivity contribution in [3.8, 4) is 0 Å². The summed E-state index contributed by atoms with van der Waals surface area (Å²) in [4.78, 5) is 10.7. The van der Waals surface area contributed by atoms with Crippen molar-refractivity contribution < 1.29 is 4.74 Å². The second-order valence-corrected chi connectivity index (χ2v) is 4.90. The minimum atomic E-state index is 0.528. The Bertz CT molecular complexity index is 573. The van der Waals surface area contributed by atoms with Crippen LogP contribution in [-0.2, 0) is 11.3 Å². The van der Waals surface area contributed by atoms with E-state index in [1.807, 2.05) is 18.2 Å². The average Bonchev–Trinajstić information content (AvgIpc) is 2.88. The first-order chi connectivity index (χ1) is 9.36. The number of nitrogens with one attached hydrogen (secondary N) is 1. The van der Waals surface area contributed by atoms with Crippen molar-refractivity contribution in [2.24, 2.45) is 5.29 Å². The highest BCUT2D eigenvalue weighted by Gasteiger charge is 2.12. The molecule has 1 fully saturated rings. The van der Waals surface area contributed by atoms with E-state index in [1.54, 1.807) is 6.20 Å². The highest BCUT2D eigenvalue weighted by molar-refractivity contribution is 5.80. The lowest BCUT2D eigenvalue weighted by molar-refractivity contribution is 0.0776. The molecule has 0 atom stereocenters. The molecule has 1 aliphatic heterocycles. The smallest absolute Gasteiger partial charge is 0.0754 e. The van der Waals surface area contributed by atoms with E-state index in [1.165, 1.54) is 10.2 Å². The summed E-state index contributed by atoms with van der Waals surface area (Å²) in [6.07, 6.45) is 3.82. The van der Waals surface area contributed by atoms with E-state index in [0.29, 0.717) is 6.04 Å². The predicted molar refractivity (Wildman–Crippen MR) is 73.8 cm³/mol. The fourth-order valence-electron chi connectivity index (χ4n) is 2.50. The van der Waals surface area contributed by atoms with Crippen molar-refractivity contribution in [2.45, 2.75) is 25.4 Å². The van der Waals surface area contributed by atoms with Crippen molar-refractivity contribution in [1.29, 1.82) is 0 Å². The Morgan fingerprint density at radius 2 is 2.16 bits per heavy atom. The number of ether oxygens (including phenoxy) is 1. The molecule has 0 saturated carbocycles. The van der Waals surface area contributed by atoms with Crippen LogP contribution in [0, 0.1) is 4.91 Å². The van der Waals surface area contributed by atoms with Gasteiger partial charge in [-0.25, -0.2) is 4.68 Å². The topological polar surface area (TPSA) is 55.6 Å². The molecule has 2 heterocycles. The van der Waals surface area contributed by atoms with Crippen LogP contribution in [0.3, 0.4) is 0 Å². The van der Waals surface area contributed by atoms with E-state index in [2.05, 4.69) is 16.7 Å². The summed E-state index contributed by atoms with van der Waals surface area (Å²) >= 11 is 0. The Labute approximate surface area is 111 Å². The maximum absolute atomic E-state index is 10.7. The van der Waals surface area contributed by atoms with E-state index in [9.17, 15) is 4.91 Å². The fraction of sp³-hybridized carbons (Fsp3) is 0.429. The summed E-state index contributed by atoms with van der Waals surface area (Å²) in [6.45, 7) is 2.49. The van der Waals surface area contributed by atoms with Crippen LogP contribution in [0.1, 0.15) is 18.4 Å². The molecule has 0 unspecified atom stereocenters. The Balaban J connectivity index is 1.71. The third kappa shape index (κ3) is 2.67. The summed E-state index contributed by atoms with van der Waals surface area (Å²) in [5.74, 6) is 0. The molecule has 1 aromatic carbocycles. The molecule has 1 saturated heterocycles. The zero-order valence-electron chi connectivity index (χ0n) is 10.7. The van der Waals surface area contributed by atoms with E-state index in [4.69, 9.17) is 4.74 Å². The molecule has 1 N–H and O–H groups in total. The van der Waals surface area contributed by atoms with Gasteiger partial charge in [0.2, 0.25) is 0 Å². The van der Waals surface area contributed by atoms with Crippen molar-refractivity contribution >= 4 is 10.9 Å². The van der Waals surface area contributed by atoms with Gasteiger partial charge in [0.05, 0.1) is 10.8 Å². The van der Waals surface area contributed by atoms with Crippen LogP contribution in [0.25, 0.3) is 10.9 Å². The molecular weight excluding hydrogens is 242 g/mol. The third-order valence-corrected chi connectivity index (χ3v) is 3.64. The summed E-state index contributed by atoms with van der Waals surface area (Å²) in [5, 5.41) is 7.55. The van der Waals surface area contributed by atoms with Crippen LogP contribution >= 0.6 is 0 Å². The molecule has 0 radical (unpaired) electrons. The van der Waals surface area contributed by atoms with Crippen LogP contribution in [0.4, 0.5) is 0 Å². The minimum Gasteiger partial charge on any atom is -0.381 e. The third-order valence-electron chi connectivity index (χ3n) is 3.64. The molecule has 19 heavy (non-hydrogen) atoms. The second-order valence-electron chi connectivity index (χ2n) is 4.90. The van der Waals surface area contributed by atoms with E-state index >= 15 is 0 Å². The first-order valence-electron chi connectivity index (χ1n) is 6.61. The molecule has 0 spiro atoms. The molecule has 3 rings (SSSR count). The number of aromatic nitrogens is 1. The number of nitroso groups, excluding NO2 is 1. The maximum atomic E-state index is 10.7. The van der Waals surface area contributed by atoms with Crippen molar-refractivity contribution in [3.63, 3.8) is 0 Å². The molecule has 2 aromatic rings. The highest BCUT2D eigenvalue weighted by Crippen LogP contribution is 2.18. The number of nitrogens with zero attached hydrogens (tertiary/aromatic N) is 2. The van der Waals surface area contributed by atoms with Gasteiger partial charge >= 0.3 is 0 Å². The molecule has 5 nitrogen and oxygen atoms in total. The molecule has 0 aliphatic carbocycles. The zero-order valence-corrected chi connectivity index (χ0v) is 10.7. The highest BCUT2D eigenvalue weighted by atomic mass is 16.5. The Morgan fingerprint density at radius 3 is 2.95 bits per heavy atom. The standard InChI is InChI=1S/C14H17N3O2/c18-16-17-6-3-12-2-1-11(9-14(12)17)10-15-13-4-7-19-8-5-13/h1-3,6,9,13,15H,4-5,7-8,10H2. The molecular formula is C14H17N3O2. The lowest BCUT2D eigenvalue weighted by atomic mass is 10.1.